The topological polar surface area (TPSA) is 81.4 Å². The number of sulfonamides is 1. The van der Waals surface area contributed by atoms with Gasteiger partial charge in [0.05, 0.1) is 18.0 Å². The monoisotopic (exact) mass is 258 g/mol. The van der Waals surface area contributed by atoms with Gasteiger partial charge in [-0.15, -0.1) is 0 Å². The molecular weight excluding hydrogens is 240 g/mol. The molecule has 1 aromatic rings. The van der Waals surface area contributed by atoms with Gasteiger partial charge in [0.2, 0.25) is 10.0 Å². The standard InChI is InChI=1S/C11H18N2O3S/c1-16-9-10-5-2-3-6-11(10)13-17(14,15)8-4-7-12/h2-3,5-6,13H,4,7-9,12H2,1H3. The Morgan fingerprint density at radius 2 is 2.06 bits per heavy atom. The molecule has 3 N–H and O–H groups in total. The number of ether oxygens (including phenoxy) is 1. The lowest BCUT2D eigenvalue weighted by Crippen LogP contribution is -2.19. The van der Waals surface area contributed by atoms with Gasteiger partial charge in [-0.25, -0.2) is 8.42 Å². The first-order valence-corrected chi connectivity index (χ1v) is 7.01. The average molecular weight is 258 g/mol. The summed E-state index contributed by atoms with van der Waals surface area (Å²) in [5, 5.41) is 0. The van der Waals surface area contributed by atoms with E-state index in [9.17, 15) is 8.42 Å². The van der Waals surface area contributed by atoms with Crippen molar-refractivity contribution in [3.05, 3.63) is 29.8 Å². The lowest BCUT2D eigenvalue weighted by molar-refractivity contribution is 0.185. The van der Waals surface area contributed by atoms with Crippen LogP contribution in [0.5, 0.6) is 0 Å². The Kier molecular flexibility index (Phi) is 5.40. The predicted octanol–water partition coefficient (Wildman–Crippen LogP) is 0.924. The minimum atomic E-state index is -3.32. The van der Waals surface area contributed by atoms with Crippen LogP contribution in [-0.2, 0) is 21.4 Å². The quantitative estimate of drug-likeness (QED) is 0.762. The van der Waals surface area contributed by atoms with Crippen LogP contribution >= 0.6 is 0 Å². The number of hydrogen-bond donors (Lipinski definition) is 2. The van der Waals surface area contributed by atoms with Crippen molar-refractivity contribution in [2.24, 2.45) is 5.73 Å². The Balaban J connectivity index is 2.80. The van der Waals surface area contributed by atoms with Gasteiger partial charge < -0.3 is 10.5 Å². The highest BCUT2D eigenvalue weighted by Gasteiger charge is 2.11. The summed E-state index contributed by atoms with van der Waals surface area (Å²) in [5.41, 5.74) is 6.67. The van der Waals surface area contributed by atoms with E-state index in [1.54, 1.807) is 19.2 Å². The molecule has 0 aliphatic heterocycles. The molecular formula is C11H18N2O3S. The van der Waals surface area contributed by atoms with Gasteiger partial charge in [-0.1, -0.05) is 18.2 Å². The first-order valence-electron chi connectivity index (χ1n) is 5.36. The molecule has 0 heterocycles. The first kappa shape index (κ1) is 14.0. The van der Waals surface area contributed by atoms with Crippen LogP contribution in [0, 0.1) is 0 Å². The van der Waals surface area contributed by atoms with Crippen LogP contribution in [0.25, 0.3) is 0 Å². The fraction of sp³-hybridized carbons (Fsp3) is 0.455. The van der Waals surface area contributed by atoms with Crippen LogP contribution in [0.4, 0.5) is 5.69 Å². The molecule has 0 saturated heterocycles. The third-order valence-electron chi connectivity index (χ3n) is 2.20. The summed E-state index contributed by atoms with van der Waals surface area (Å²) in [7, 11) is -1.75. The second kappa shape index (κ2) is 6.58. The van der Waals surface area contributed by atoms with E-state index in [0.29, 0.717) is 25.3 Å². The van der Waals surface area contributed by atoms with Crippen LogP contribution in [-0.4, -0.2) is 27.8 Å². The molecule has 0 aromatic heterocycles. The first-order chi connectivity index (χ1) is 8.09. The number of para-hydroxylation sites is 1. The highest BCUT2D eigenvalue weighted by Crippen LogP contribution is 2.17. The number of nitrogens with one attached hydrogen (secondary N) is 1. The molecule has 17 heavy (non-hydrogen) atoms. The van der Waals surface area contributed by atoms with Crippen molar-refractivity contribution in [3.63, 3.8) is 0 Å². The van der Waals surface area contributed by atoms with Crippen molar-refractivity contribution in [2.75, 3.05) is 24.1 Å². The molecule has 0 bridgehead atoms. The second-order valence-electron chi connectivity index (χ2n) is 3.65. The van der Waals surface area contributed by atoms with E-state index in [-0.39, 0.29) is 5.75 Å². The molecule has 0 amide bonds. The zero-order chi connectivity index (χ0) is 12.7. The Labute approximate surface area is 102 Å². The fourth-order valence-corrected chi connectivity index (χ4v) is 2.58. The van der Waals surface area contributed by atoms with Gasteiger partial charge in [0, 0.05) is 12.7 Å². The summed E-state index contributed by atoms with van der Waals surface area (Å²) < 4.78 is 31.0. The minimum absolute atomic E-state index is 0.0326. The van der Waals surface area contributed by atoms with Crippen molar-refractivity contribution in [3.8, 4) is 0 Å². The Bertz CT molecular complexity index is 446. The van der Waals surface area contributed by atoms with Crippen molar-refractivity contribution in [2.45, 2.75) is 13.0 Å². The van der Waals surface area contributed by atoms with Crippen molar-refractivity contribution >= 4 is 15.7 Å². The summed E-state index contributed by atoms with van der Waals surface area (Å²) in [6, 6.07) is 7.16. The van der Waals surface area contributed by atoms with Gasteiger partial charge in [-0.05, 0) is 19.0 Å². The van der Waals surface area contributed by atoms with E-state index in [0.717, 1.165) is 5.56 Å². The Morgan fingerprint density at radius 3 is 2.71 bits per heavy atom. The number of benzene rings is 1. The maximum Gasteiger partial charge on any atom is 0.232 e. The van der Waals surface area contributed by atoms with Crippen molar-refractivity contribution in [1.29, 1.82) is 0 Å². The number of hydrogen-bond acceptors (Lipinski definition) is 4. The normalized spacial score (nSPS) is 11.4. The molecule has 0 radical (unpaired) electrons. The second-order valence-corrected chi connectivity index (χ2v) is 5.50. The van der Waals surface area contributed by atoms with E-state index in [1.165, 1.54) is 0 Å². The van der Waals surface area contributed by atoms with Gasteiger partial charge in [-0.3, -0.25) is 4.72 Å². The van der Waals surface area contributed by atoms with E-state index in [2.05, 4.69) is 4.72 Å². The van der Waals surface area contributed by atoms with Gasteiger partial charge in [-0.2, -0.15) is 0 Å². The molecule has 6 heteroatoms. The van der Waals surface area contributed by atoms with Gasteiger partial charge in [0.1, 0.15) is 0 Å². The fourth-order valence-electron chi connectivity index (χ4n) is 1.39. The lowest BCUT2D eigenvalue weighted by atomic mass is 10.2. The number of rotatable bonds is 7. The zero-order valence-corrected chi connectivity index (χ0v) is 10.7. The maximum atomic E-state index is 11.7. The van der Waals surface area contributed by atoms with E-state index in [4.69, 9.17) is 10.5 Å². The van der Waals surface area contributed by atoms with Crippen LogP contribution in [0.2, 0.25) is 0 Å². The summed E-state index contributed by atoms with van der Waals surface area (Å²) in [6.07, 6.45) is 0.446. The third-order valence-corrected chi connectivity index (χ3v) is 3.56. The van der Waals surface area contributed by atoms with Crippen molar-refractivity contribution in [1.82, 2.24) is 0 Å². The van der Waals surface area contributed by atoms with Gasteiger partial charge in [0.25, 0.3) is 0 Å². The Morgan fingerprint density at radius 1 is 1.35 bits per heavy atom. The lowest BCUT2D eigenvalue weighted by Gasteiger charge is -2.11. The van der Waals surface area contributed by atoms with Crippen LogP contribution in [0.15, 0.2) is 24.3 Å². The molecule has 0 aliphatic carbocycles. The molecule has 1 rings (SSSR count). The largest absolute Gasteiger partial charge is 0.380 e. The van der Waals surface area contributed by atoms with Crippen LogP contribution < -0.4 is 10.5 Å². The predicted molar refractivity (Wildman–Crippen MR) is 68.2 cm³/mol. The molecule has 0 spiro atoms. The minimum Gasteiger partial charge on any atom is -0.380 e. The summed E-state index contributed by atoms with van der Waals surface area (Å²) in [5.74, 6) is 0.0326. The highest BCUT2D eigenvalue weighted by atomic mass is 32.2. The van der Waals surface area contributed by atoms with Crippen LogP contribution in [0.3, 0.4) is 0 Å². The molecule has 0 saturated carbocycles. The molecule has 0 atom stereocenters. The number of nitrogens with two attached hydrogens (primary N) is 1. The number of methoxy groups -OCH3 is 1. The molecule has 0 aliphatic rings. The molecule has 0 unspecified atom stereocenters. The number of anilines is 1. The molecule has 96 valence electrons. The maximum absolute atomic E-state index is 11.7. The van der Waals surface area contributed by atoms with E-state index < -0.39 is 10.0 Å². The van der Waals surface area contributed by atoms with Crippen LogP contribution in [0.1, 0.15) is 12.0 Å². The molecule has 0 fully saturated rings. The van der Waals surface area contributed by atoms with Gasteiger partial charge in [0.15, 0.2) is 0 Å². The molecule has 1 aromatic carbocycles. The van der Waals surface area contributed by atoms with E-state index >= 15 is 0 Å². The van der Waals surface area contributed by atoms with Gasteiger partial charge >= 0.3 is 0 Å². The van der Waals surface area contributed by atoms with E-state index in [1.807, 2.05) is 12.1 Å². The Hall–Kier alpha value is -1.11. The zero-order valence-electron chi connectivity index (χ0n) is 9.85. The summed E-state index contributed by atoms with van der Waals surface area (Å²) in [6.45, 7) is 0.732. The third kappa shape index (κ3) is 4.72. The molecule has 5 nitrogen and oxygen atoms in total. The van der Waals surface area contributed by atoms with Crippen molar-refractivity contribution < 1.29 is 13.2 Å². The smallest absolute Gasteiger partial charge is 0.232 e. The summed E-state index contributed by atoms with van der Waals surface area (Å²) >= 11 is 0. The summed E-state index contributed by atoms with van der Waals surface area (Å²) in [4.78, 5) is 0. The SMILES string of the molecule is COCc1ccccc1NS(=O)(=O)CCCN. The average Bonchev–Trinajstić information content (AvgIpc) is 2.29. The highest BCUT2D eigenvalue weighted by molar-refractivity contribution is 7.92.